The average molecular weight is 300 g/mol. The fourth-order valence-electron chi connectivity index (χ4n) is 2.29. The molecule has 2 aromatic carbocycles. The van der Waals surface area contributed by atoms with Gasteiger partial charge in [0.05, 0.1) is 17.3 Å². The molecule has 0 fully saturated rings. The molecule has 5 heteroatoms. The first-order valence-electron chi connectivity index (χ1n) is 6.57. The minimum absolute atomic E-state index is 0.0419. The Labute approximate surface area is 127 Å². The van der Waals surface area contributed by atoms with E-state index in [1.54, 1.807) is 24.2 Å². The Bertz CT molecular complexity index is 780. The van der Waals surface area contributed by atoms with E-state index < -0.39 is 0 Å². The molecule has 0 aliphatic heterocycles. The summed E-state index contributed by atoms with van der Waals surface area (Å²) in [5.74, 6) is -0.0419. The third kappa shape index (κ3) is 2.76. The van der Waals surface area contributed by atoms with Gasteiger partial charge in [0.2, 0.25) is 0 Å². The van der Waals surface area contributed by atoms with E-state index in [0.717, 1.165) is 16.5 Å². The Morgan fingerprint density at radius 1 is 1.24 bits per heavy atom. The molecule has 3 aromatic rings. The van der Waals surface area contributed by atoms with Crippen LogP contribution in [-0.4, -0.2) is 28.1 Å². The van der Waals surface area contributed by atoms with Crippen LogP contribution in [0.5, 0.6) is 0 Å². The Balaban J connectivity index is 1.84. The Morgan fingerprint density at radius 2 is 2.00 bits per heavy atom. The molecule has 0 aliphatic rings. The predicted molar refractivity (Wildman–Crippen MR) is 83.3 cm³/mol. The monoisotopic (exact) mass is 299 g/mol. The maximum atomic E-state index is 12.6. The smallest absolute Gasteiger partial charge is 0.256 e. The molecule has 1 amide bonds. The largest absolute Gasteiger partial charge is 0.337 e. The lowest BCUT2D eigenvalue weighted by Gasteiger charge is -2.17. The zero-order valence-corrected chi connectivity index (χ0v) is 12.3. The number of H-pyrrole nitrogens is 1. The number of para-hydroxylation sites is 1. The van der Waals surface area contributed by atoms with Crippen LogP contribution in [0.25, 0.3) is 10.9 Å². The van der Waals surface area contributed by atoms with Gasteiger partial charge in [-0.05, 0) is 23.8 Å². The highest BCUT2D eigenvalue weighted by Crippen LogP contribution is 2.18. The lowest BCUT2D eigenvalue weighted by molar-refractivity contribution is 0.0787. The molecule has 1 N–H and O–H groups in total. The normalized spacial score (nSPS) is 10.8. The number of carbonyl (C=O) groups excluding carboxylic acids is 1. The Morgan fingerprint density at radius 3 is 2.76 bits per heavy atom. The van der Waals surface area contributed by atoms with Gasteiger partial charge in [-0.25, -0.2) is 0 Å². The van der Waals surface area contributed by atoms with E-state index in [1.165, 1.54) is 0 Å². The lowest BCUT2D eigenvalue weighted by atomic mass is 10.1. The van der Waals surface area contributed by atoms with Gasteiger partial charge in [-0.2, -0.15) is 5.10 Å². The summed E-state index contributed by atoms with van der Waals surface area (Å²) in [5.41, 5.74) is 2.43. The van der Waals surface area contributed by atoms with Crippen LogP contribution in [0, 0.1) is 0 Å². The summed E-state index contributed by atoms with van der Waals surface area (Å²) < 4.78 is 0. The predicted octanol–water partition coefficient (Wildman–Crippen LogP) is 3.49. The molecule has 0 atom stereocenters. The summed E-state index contributed by atoms with van der Waals surface area (Å²) >= 11 is 5.87. The third-order valence-electron chi connectivity index (χ3n) is 3.39. The number of aromatic amines is 1. The van der Waals surface area contributed by atoms with Gasteiger partial charge < -0.3 is 4.90 Å². The first kappa shape index (κ1) is 13.6. The van der Waals surface area contributed by atoms with Crippen LogP contribution < -0.4 is 0 Å². The van der Waals surface area contributed by atoms with Gasteiger partial charge >= 0.3 is 0 Å². The molecular weight excluding hydrogens is 286 g/mol. The summed E-state index contributed by atoms with van der Waals surface area (Å²) in [4.78, 5) is 14.3. The van der Waals surface area contributed by atoms with Crippen LogP contribution in [-0.2, 0) is 6.54 Å². The highest BCUT2D eigenvalue weighted by molar-refractivity contribution is 6.30. The molecule has 3 rings (SSSR count). The highest BCUT2D eigenvalue weighted by atomic mass is 35.5. The van der Waals surface area contributed by atoms with Gasteiger partial charge in [-0.3, -0.25) is 9.89 Å². The standard InChI is InChI=1S/C16H14ClN3O/c1-20(10-11-5-7-13(17)8-6-11)16(21)14-4-2-3-12-9-18-19-15(12)14/h2-9H,10H2,1H3,(H,18,19). The van der Waals surface area contributed by atoms with Gasteiger partial charge in [-0.15, -0.1) is 0 Å². The molecule has 1 heterocycles. The van der Waals surface area contributed by atoms with E-state index in [2.05, 4.69) is 10.2 Å². The number of aromatic nitrogens is 2. The maximum absolute atomic E-state index is 12.6. The fourth-order valence-corrected chi connectivity index (χ4v) is 2.41. The number of benzene rings is 2. The zero-order valence-electron chi connectivity index (χ0n) is 11.5. The fraction of sp³-hybridized carbons (Fsp3) is 0.125. The molecule has 0 radical (unpaired) electrons. The molecule has 0 saturated carbocycles. The van der Waals surface area contributed by atoms with Crippen LogP contribution >= 0.6 is 11.6 Å². The van der Waals surface area contributed by atoms with Gasteiger partial charge in [-0.1, -0.05) is 35.9 Å². The zero-order chi connectivity index (χ0) is 14.8. The second-order valence-electron chi connectivity index (χ2n) is 4.93. The van der Waals surface area contributed by atoms with Crippen molar-refractivity contribution in [2.24, 2.45) is 0 Å². The van der Waals surface area contributed by atoms with E-state index in [0.29, 0.717) is 17.1 Å². The molecule has 106 valence electrons. The molecule has 0 saturated heterocycles. The minimum atomic E-state index is -0.0419. The van der Waals surface area contributed by atoms with Gasteiger partial charge in [0.15, 0.2) is 0 Å². The van der Waals surface area contributed by atoms with Crippen molar-refractivity contribution in [1.82, 2.24) is 15.1 Å². The number of rotatable bonds is 3. The Hall–Kier alpha value is -2.33. The maximum Gasteiger partial charge on any atom is 0.256 e. The number of nitrogens with zero attached hydrogens (tertiary/aromatic N) is 2. The molecule has 1 aromatic heterocycles. The second kappa shape index (κ2) is 5.58. The number of halogens is 1. The molecular formula is C16H14ClN3O. The van der Waals surface area contributed by atoms with Crippen molar-refractivity contribution in [2.75, 3.05) is 7.05 Å². The van der Waals surface area contributed by atoms with Gasteiger partial charge in [0.1, 0.15) is 0 Å². The summed E-state index contributed by atoms with van der Waals surface area (Å²) in [7, 11) is 1.78. The van der Waals surface area contributed by atoms with Crippen LogP contribution in [0.3, 0.4) is 0 Å². The van der Waals surface area contributed by atoms with Crippen molar-refractivity contribution in [3.05, 3.63) is 64.8 Å². The summed E-state index contributed by atoms with van der Waals surface area (Å²) in [6, 6.07) is 13.1. The number of nitrogens with one attached hydrogen (secondary N) is 1. The molecule has 0 bridgehead atoms. The number of hydrogen-bond acceptors (Lipinski definition) is 2. The first-order valence-corrected chi connectivity index (χ1v) is 6.95. The number of hydrogen-bond donors (Lipinski definition) is 1. The summed E-state index contributed by atoms with van der Waals surface area (Å²) in [6.07, 6.45) is 1.71. The Kier molecular flexibility index (Phi) is 3.62. The van der Waals surface area contributed by atoms with Crippen molar-refractivity contribution in [1.29, 1.82) is 0 Å². The van der Waals surface area contributed by atoms with Crippen molar-refractivity contribution < 1.29 is 4.79 Å². The number of carbonyl (C=O) groups is 1. The van der Waals surface area contributed by atoms with Crippen LogP contribution in [0.4, 0.5) is 0 Å². The number of fused-ring (bicyclic) bond motifs is 1. The first-order chi connectivity index (χ1) is 10.1. The SMILES string of the molecule is CN(Cc1ccc(Cl)cc1)C(=O)c1cccc2cn[nH]c12. The van der Waals surface area contributed by atoms with Gasteiger partial charge in [0, 0.05) is 24.0 Å². The minimum Gasteiger partial charge on any atom is -0.337 e. The van der Waals surface area contributed by atoms with E-state index in [9.17, 15) is 4.79 Å². The van der Waals surface area contributed by atoms with E-state index in [4.69, 9.17) is 11.6 Å². The van der Waals surface area contributed by atoms with Crippen molar-refractivity contribution in [3.63, 3.8) is 0 Å². The van der Waals surface area contributed by atoms with Crippen LogP contribution in [0.15, 0.2) is 48.7 Å². The van der Waals surface area contributed by atoms with Crippen molar-refractivity contribution >= 4 is 28.4 Å². The summed E-state index contributed by atoms with van der Waals surface area (Å²) in [6.45, 7) is 0.528. The number of amides is 1. The molecule has 0 aliphatic carbocycles. The van der Waals surface area contributed by atoms with E-state index in [1.807, 2.05) is 36.4 Å². The van der Waals surface area contributed by atoms with Crippen molar-refractivity contribution in [3.8, 4) is 0 Å². The third-order valence-corrected chi connectivity index (χ3v) is 3.64. The van der Waals surface area contributed by atoms with Gasteiger partial charge in [0.25, 0.3) is 5.91 Å². The lowest BCUT2D eigenvalue weighted by Crippen LogP contribution is -2.26. The quantitative estimate of drug-likeness (QED) is 0.805. The molecule has 4 nitrogen and oxygen atoms in total. The van der Waals surface area contributed by atoms with Crippen LogP contribution in [0.2, 0.25) is 5.02 Å². The molecule has 21 heavy (non-hydrogen) atoms. The second-order valence-corrected chi connectivity index (χ2v) is 5.36. The average Bonchev–Trinajstić information content (AvgIpc) is 2.97. The van der Waals surface area contributed by atoms with Crippen molar-refractivity contribution in [2.45, 2.75) is 6.54 Å². The van der Waals surface area contributed by atoms with E-state index in [-0.39, 0.29) is 5.91 Å². The van der Waals surface area contributed by atoms with E-state index >= 15 is 0 Å². The summed E-state index contributed by atoms with van der Waals surface area (Å²) in [5, 5.41) is 8.49. The topological polar surface area (TPSA) is 49.0 Å². The van der Waals surface area contributed by atoms with Crippen LogP contribution in [0.1, 0.15) is 15.9 Å². The molecule has 0 unspecified atom stereocenters. The highest BCUT2D eigenvalue weighted by Gasteiger charge is 2.15. The molecule has 0 spiro atoms.